The molecule has 15 heavy (non-hydrogen) atoms. The Bertz CT molecular complexity index is 461. The Balaban J connectivity index is 2.42. The van der Waals surface area contributed by atoms with Gasteiger partial charge in [-0.25, -0.2) is 4.39 Å². The zero-order valence-corrected chi connectivity index (χ0v) is 7.46. The van der Waals surface area contributed by atoms with E-state index in [1.165, 1.54) is 12.1 Å². The maximum Gasteiger partial charge on any atom is 0.491 e. The molecular weight excluding hydrogens is 202 g/mol. The molecule has 0 amide bonds. The van der Waals surface area contributed by atoms with Crippen molar-refractivity contribution < 1.29 is 19.0 Å². The van der Waals surface area contributed by atoms with Gasteiger partial charge in [0.1, 0.15) is 5.82 Å². The molecule has 0 aliphatic rings. The highest BCUT2D eigenvalue weighted by Gasteiger charge is 2.17. The molecule has 0 aliphatic carbocycles. The summed E-state index contributed by atoms with van der Waals surface area (Å²) in [4.78, 5) is 3.73. The van der Waals surface area contributed by atoms with E-state index in [4.69, 9.17) is 10.0 Å². The highest BCUT2D eigenvalue weighted by molar-refractivity contribution is 6.58. The van der Waals surface area contributed by atoms with Crippen LogP contribution in [0.4, 0.5) is 4.39 Å². The first-order valence-corrected chi connectivity index (χ1v) is 4.11. The normalized spacial score (nSPS) is 10.3. The summed E-state index contributed by atoms with van der Waals surface area (Å²) in [6.07, 6.45) is 1.13. The summed E-state index contributed by atoms with van der Waals surface area (Å²) < 4.78 is 17.8. The van der Waals surface area contributed by atoms with E-state index in [0.717, 1.165) is 12.5 Å². The zero-order chi connectivity index (χ0) is 10.8. The molecule has 0 saturated carbocycles. The van der Waals surface area contributed by atoms with Crippen molar-refractivity contribution in [2.75, 3.05) is 0 Å². The van der Waals surface area contributed by atoms with Crippen molar-refractivity contribution >= 4 is 12.6 Å². The molecular formula is C8H6BFN2O3. The lowest BCUT2D eigenvalue weighted by Gasteiger charge is -2.02. The SMILES string of the molecule is OB(O)c1ccc(-c2ncon2)cc1F. The fraction of sp³-hybridized carbons (Fsp3) is 0. The molecule has 7 heteroatoms. The van der Waals surface area contributed by atoms with Crippen molar-refractivity contribution in [3.8, 4) is 11.4 Å². The standard InChI is InChI=1S/C8H6BFN2O3/c10-7-3-5(8-11-4-15-12-8)1-2-6(7)9(13)14/h1-4,13-14H. The predicted molar refractivity (Wildman–Crippen MR) is 49.5 cm³/mol. The summed E-state index contributed by atoms with van der Waals surface area (Å²) in [5.74, 6) is -0.486. The molecule has 1 heterocycles. The van der Waals surface area contributed by atoms with Gasteiger partial charge in [0.25, 0.3) is 0 Å². The molecule has 2 aromatic rings. The van der Waals surface area contributed by atoms with Crippen LogP contribution in [0.5, 0.6) is 0 Å². The van der Waals surface area contributed by atoms with Gasteiger partial charge in [-0.15, -0.1) is 0 Å². The van der Waals surface area contributed by atoms with Crippen molar-refractivity contribution in [3.63, 3.8) is 0 Å². The molecule has 2 N–H and O–H groups in total. The van der Waals surface area contributed by atoms with Gasteiger partial charge < -0.3 is 14.6 Å². The van der Waals surface area contributed by atoms with Crippen LogP contribution >= 0.6 is 0 Å². The third kappa shape index (κ3) is 1.88. The predicted octanol–water partition coefficient (Wildman–Crippen LogP) is -0.445. The minimum atomic E-state index is -1.83. The minimum absolute atomic E-state index is 0.192. The third-order valence-corrected chi connectivity index (χ3v) is 1.90. The average molecular weight is 208 g/mol. The van der Waals surface area contributed by atoms with E-state index in [-0.39, 0.29) is 11.3 Å². The van der Waals surface area contributed by atoms with E-state index in [1.54, 1.807) is 0 Å². The van der Waals surface area contributed by atoms with E-state index >= 15 is 0 Å². The number of benzene rings is 1. The topological polar surface area (TPSA) is 79.4 Å². The zero-order valence-electron chi connectivity index (χ0n) is 7.46. The number of hydrogen-bond acceptors (Lipinski definition) is 5. The first-order chi connectivity index (χ1) is 7.18. The monoisotopic (exact) mass is 208 g/mol. The molecule has 1 aromatic carbocycles. The van der Waals surface area contributed by atoms with Gasteiger partial charge in [0.05, 0.1) is 0 Å². The number of hydrogen-bond donors (Lipinski definition) is 2. The molecule has 5 nitrogen and oxygen atoms in total. The van der Waals surface area contributed by atoms with Gasteiger partial charge in [0.15, 0.2) is 0 Å². The fourth-order valence-electron chi connectivity index (χ4n) is 1.17. The largest absolute Gasteiger partial charge is 0.491 e. The molecule has 0 bridgehead atoms. The molecule has 0 radical (unpaired) electrons. The second kappa shape index (κ2) is 3.80. The van der Waals surface area contributed by atoms with Gasteiger partial charge in [0, 0.05) is 11.0 Å². The first kappa shape index (κ1) is 9.82. The molecule has 76 valence electrons. The van der Waals surface area contributed by atoms with E-state index in [2.05, 4.69) is 14.7 Å². The van der Waals surface area contributed by atoms with Crippen LogP contribution in [-0.4, -0.2) is 27.3 Å². The van der Waals surface area contributed by atoms with Crippen LogP contribution in [0, 0.1) is 5.82 Å². The first-order valence-electron chi connectivity index (χ1n) is 4.11. The number of rotatable bonds is 2. The summed E-state index contributed by atoms with van der Waals surface area (Å²) in [7, 11) is -1.83. The lowest BCUT2D eigenvalue weighted by Crippen LogP contribution is -2.32. The fourth-order valence-corrected chi connectivity index (χ4v) is 1.17. The second-order valence-electron chi connectivity index (χ2n) is 2.86. The van der Waals surface area contributed by atoms with Crippen LogP contribution in [0.25, 0.3) is 11.4 Å². The van der Waals surface area contributed by atoms with Crippen LogP contribution in [-0.2, 0) is 0 Å². The maximum absolute atomic E-state index is 13.3. The highest BCUT2D eigenvalue weighted by atomic mass is 19.1. The molecule has 0 spiro atoms. The van der Waals surface area contributed by atoms with Crippen LogP contribution in [0.1, 0.15) is 0 Å². The van der Waals surface area contributed by atoms with Crippen molar-refractivity contribution in [1.29, 1.82) is 0 Å². The van der Waals surface area contributed by atoms with E-state index in [0.29, 0.717) is 5.56 Å². The van der Waals surface area contributed by atoms with Crippen molar-refractivity contribution in [2.45, 2.75) is 0 Å². The van der Waals surface area contributed by atoms with Gasteiger partial charge in [-0.3, -0.25) is 0 Å². The molecule has 0 atom stereocenters. The van der Waals surface area contributed by atoms with Crippen molar-refractivity contribution in [3.05, 3.63) is 30.4 Å². The highest BCUT2D eigenvalue weighted by Crippen LogP contribution is 2.14. The van der Waals surface area contributed by atoms with E-state index in [1.807, 2.05) is 0 Å². The Hall–Kier alpha value is -1.73. The van der Waals surface area contributed by atoms with Crippen molar-refractivity contribution in [2.24, 2.45) is 0 Å². The van der Waals surface area contributed by atoms with Gasteiger partial charge in [-0.1, -0.05) is 17.3 Å². The lowest BCUT2D eigenvalue weighted by atomic mass is 9.79. The van der Waals surface area contributed by atoms with E-state index < -0.39 is 12.9 Å². The second-order valence-corrected chi connectivity index (χ2v) is 2.86. The van der Waals surface area contributed by atoms with Crippen LogP contribution in [0.3, 0.4) is 0 Å². The summed E-state index contributed by atoms with van der Waals surface area (Å²) in [6, 6.07) is 3.84. The Labute approximate surface area is 84.3 Å². The smallest absolute Gasteiger partial charge is 0.423 e. The Morgan fingerprint density at radius 3 is 2.67 bits per heavy atom. The third-order valence-electron chi connectivity index (χ3n) is 1.90. The average Bonchev–Trinajstić information content (AvgIpc) is 2.69. The van der Waals surface area contributed by atoms with Gasteiger partial charge in [0.2, 0.25) is 12.2 Å². The summed E-state index contributed by atoms with van der Waals surface area (Å²) in [6.45, 7) is 0. The van der Waals surface area contributed by atoms with Crippen LogP contribution < -0.4 is 5.46 Å². The minimum Gasteiger partial charge on any atom is -0.423 e. The van der Waals surface area contributed by atoms with E-state index in [9.17, 15) is 4.39 Å². The maximum atomic E-state index is 13.3. The lowest BCUT2D eigenvalue weighted by molar-refractivity contribution is 0.418. The molecule has 0 fully saturated rings. The number of aromatic nitrogens is 2. The van der Waals surface area contributed by atoms with Crippen molar-refractivity contribution in [1.82, 2.24) is 10.1 Å². The molecule has 0 saturated heterocycles. The van der Waals surface area contributed by atoms with Gasteiger partial charge >= 0.3 is 7.12 Å². The van der Waals surface area contributed by atoms with Gasteiger partial charge in [-0.2, -0.15) is 4.98 Å². The van der Waals surface area contributed by atoms with Gasteiger partial charge in [-0.05, 0) is 6.07 Å². The summed E-state index contributed by atoms with van der Waals surface area (Å²) in [5, 5.41) is 21.1. The van der Waals surface area contributed by atoms with Crippen LogP contribution in [0.15, 0.2) is 29.1 Å². The summed E-state index contributed by atoms with van der Waals surface area (Å²) >= 11 is 0. The Morgan fingerprint density at radius 1 is 1.33 bits per heavy atom. The molecule has 0 aliphatic heterocycles. The molecule has 0 unspecified atom stereocenters. The molecule has 1 aromatic heterocycles. The van der Waals surface area contributed by atoms with Crippen LogP contribution in [0.2, 0.25) is 0 Å². The summed E-state index contributed by atoms with van der Waals surface area (Å²) in [5.41, 5.74) is 0.216. The quantitative estimate of drug-likeness (QED) is 0.653. The Kier molecular flexibility index (Phi) is 2.48. The number of nitrogens with zero attached hydrogens (tertiary/aromatic N) is 2. The molecule has 2 rings (SSSR count). The Morgan fingerprint density at radius 2 is 2.13 bits per heavy atom. The number of halogens is 1.